The van der Waals surface area contributed by atoms with Crippen molar-refractivity contribution in [3.8, 4) is 0 Å². The fourth-order valence-electron chi connectivity index (χ4n) is 1.44. The summed E-state index contributed by atoms with van der Waals surface area (Å²) in [5.74, 6) is -1.02. The maximum Gasteiger partial charge on any atom is 0.326 e. The molecule has 1 atom stereocenters. The maximum absolute atomic E-state index is 12.4. The molecule has 17 heavy (non-hydrogen) atoms. The quantitative estimate of drug-likeness (QED) is 0.853. The monoisotopic (exact) mass is 259 g/mol. The van der Waals surface area contributed by atoms with Gasteiger partial charge in [0.25, 0.3) is 0 Å². The summed E-state index contributed by atoms with van der Waals surface area (Å²) in [5, 5.41) is 12.2. The Morgan fingerprint density at radius 3 is 2.59 bits per heavy atom. The van der Waals surface area contributed by atoms with Crippen molar-refractivity contribution in [3.05, 3.63) is 28.8 Å². The van der Waals surface area contributed by atoms with Gasteiger partial charge in [-0.05, 0) is 23.6 Å². The Kier molecular flexibility index (Phi) is 4.75. The summed E-state index contributed by atoms with van der Waals surface area (Å²) in [6, 6.07) is 3.94. The van der Waals surface area contributed by atoms with Crippen molar-refractivity contribution >= 4 is 23.3 Å². The predicted molar refractivity (Wildman–Crippen MR) is 66.1 cm³/mol. The van der Waals surface area contributed by atoms with Gasteiger partial charge < -0.3 is 10.4 Å². The van der Waals surface area contributed by atoms with E-state index in [1.165, 1.54) is 6.07 Å². The van der Waals surface area contributed by atoms with Gasteiger partial charge in [-0.2, -0.15) is 0 Å². The highest BCUT2D eigenvalue weighted by molar-refractivity contribution is 6.33. The number of anilines is 1. The van der Waals surface area contributed by atoms with E-state index in [4.69, 9.17) is 16.7 Å². The lowest BCUT2D eigenvalue weighted by molar-refractivity contribution is -0.138. The average molecular weight is 260 g/mol. The third-order valence-electron chi connectivity index (χ3n) is 2.43. The summed E-state index contributed by atoms with van der Waals surface area (Å²) < 4.78 is 12.4. The number of hydrogen-bond donors (Lipinski definition) is 2. The molecule has 0 radical (unpaired) electrons. The van der Waals surface area contributed by atoms with E-state index in [9.17, 15) is 9.18 Å². The zero-order valence-electron chi connectivity index (χ0n) is 9.71. The van der Waals surface area contributed by atoms with Gasteiger partial charge in [0.15, 0.2) is 0 Å². The van der Waals surface area contributed by atoms with Gasteiger partial charge in [-0.15, -0.1) is 0 Å². The second-order valence-corrected chi connectivity index (χ2v) is 4.56. The first-order chi connectivity index (χ1) is 7.95. The molecular weight excluding hydrogens is 245 g/mol. The molecule has 1 unspecified atom stereocenters. The number of carboxylic acids is 1. The number of aliphatic carboxylic acids is 1. The van der Waals surface area contributed by atoms with Crippen LogP contribution in [-0.2, 0) is 11.5 Å². The number of carboxylic acid groups (broad SMARTS) is 1. The standard InChI is InChI=1S/C12H15ClFNO2/c1-7(2)11(12(16)17)15-10-4-3-8(6-14)5-9(10)13/h3-5,7,11,15H,6H2,1-2H3,(H,16,17). The van der Waals surface area contributed by atoms with Gasteiger partial charge in [0.05, 0.1) is 10.7 Å². The van der Waals surface area contributed by atoms with Crippen molar-refractivity contribution in [1.82, 2.24) is 0 Å². The lowest BCUT2D eigenvalue weighted by atomic mass is 10.0. The zero-order valence-corrected chi connectivity index (χ0v) is 10.5. The zero-order chi connectivity index (χ0) is 13.0. The molecule has 3 nitrogen and oxygen atoms in total. The van der Waals surface area contributed by atoms with E-state index in [0.717, 1.165) is 0 Å². The third kappa shape index (κ3) is 3.60. The molecule has 2 N–H and O–H groups in total. The number of benzene rings is 1. The van der Waals surface area contributed by atoms with Gasteiger partial charge in [-0.25, -0.2) is 9.18 Å². The second-order valence-electron chi connectivity index (χ2n) is 4.15. The van der Waals surface area contributed by atoms with E-state index in [-0.39, 0.29) is 5.92 Å². The lowest BCUT2D eigenvalue weighted by Crippen LogP contribution is -2.34. The average Bonchev–Trinajstić information content (AvgIpc) is 2.26. The molecule has 1 aromatic carbocycles. The minimum absolute atomic E-state index is 0.0792. The highest BCUT2D eigenvalue weighted by Crippen LogP contribution is 2.25. The minimum atomic E-state index is -0.939. The first-order valence-corrected chi connectivity index (χ1v) is 5.67. The van der Waals surface area contributed by atoms with Crippen LogP contribution in [0.15, 0.2) is 18.2 Å². The van der Waals surface area contributed by atoms with Crippen LogP contribution >= 0.6 is 11.6 Å². The molecule has 0 fully saturated rings. The molecule has 94 valence electrons. The molecule has 0 aliphatic carbocycles. The van der Waals surface area contributed by atoms with Gasteiger partial charge in [-0.1, -0.05) is 31.5 Å². The van der Waals surface area contributed by atoms with Crippen molar-refractivity contribution in [2.75, 3.05) is 5.32 Å². The molecule has 0 aliphatic rings. The molecule has 0 bridgehead atoms. The van der Waals surface area contributed by atoms with Crippen LogP contribution in [0.3, 0.4) is 0 Å². The predicted octanol–water partition coefficient (Wildman–Crippen LogP) is 3.33. The molecule has 1 aromatic rings. The van der Waals surface area contributed by atoms with E-state index < -0.39 is 18.7 Å². The first kappa shape index (κ1) is 13.8. The number of rotatable bonds is 5. The number of alkyl halides is 1. The largest absolute Gasteiger partial charge is 0.480 e. The molecule has 0 saturated heterocycles. The van der Waals surface area contributed by atoms with Gasteiger partial charge in [0.2, 0.25) is 0 Å². The van der Waals surface area contributed by atoms with E-state index in [2.05, 4.69) is 5.32 Å². The van der Waals surface area contributed by atoms with Crippen LogP contribution in [0.4, 0.5) is 10.1 Å². The van der Waals surface area contributed by atoms with Gasteiger partial charge >= 0.3 is 5.97 Å². The summed E-state index contributed by atoms with van der Waals surface area (Å²) in [7, 11) is 0. The maximum atomic E-state index is 12.4. The summed E-state index contributed by atoms with van der Waals surface area (Å²) in [4.78, 5) is 11.0. The second kappa shape index (κ2) is 5.87. The molecule has 0 aliphatic heterocycles. The summed E-state index contributed by atoms with van der Waals surface area (Å²) >= 11 is 5.94. The molecule has 5 heteroatoms. The Hall–Kier alpha value is -1.29. The Balaban J connectivity index is 2.90. The van der Waals surface area contributed by atoms with Crippen LogP contribution in [0.1, 0.15) is 19.4 Å². The Morgan fingerprint density at radius 1 is 1.53 bits per heavy atom. The fourth-order valence-corrected chi connectivity index (χ4v) is 1.70. The number of halogens is 2. The van der Waals surface area contributed by atoms with Gasteiger partial charge in [0, 0.05) is 0 Å². The van der Waals surface area contributed by atoms with E-state index in [1.54, 1.807) is 26.0 Å². The number of hydrogen-bond acceptors (Lipinski definition) is 2. The van der Waals surface area contributed by atoms with Crippen LogP contribution in [0.2, 0.25) is 5.02 Å². The van der Waals surface area contributed by atoms with Crippen LogP contribution in [-0.4, -0.2) is 17.1 Å². The number of nitrogens with one attached hydrogen (secondary N) is 1. The van der Waals surface area contributed by atoms with E-state index >= 15 is 0 Å². The Morgan fingerprint density at radius 2 is 2.18 bits per heavy atom. The first-order valence-electron chi connectivity index (χ1n) is 5.29. The molecule has 1 rings (SSSR count). The van der Waals surface area contributed by atoms with Crippen molar-refractivity contribution in [2.45, 2.75) is 26.6 Å². The molecule has 0 spiro atoms. The van der Waals surface area contributed by atoms with Crippen molar-refractivity contribution in [1.29, 1.82) is 0 Å². The highest BCUT2D eigenvalue weighted by Gasteiger charge is 2.21. The smallest absolute Gasteiger partial charge is 0.326 e. The SMILES string of the molecule is CC(C)C(Nc1ccc(CF)cc1Cl)C(=O)O. The number of carbonyl (C=O) groups is 1. The molecule has 0 heterocycles. The van der Waals surface area contributed by atoms with Crippen molar-refractivity contribution in [3.63, 3.8) is 0 Å². The highest BCUT2D eigenvalue weighted by atomic mass is 35.5. The molecule has 0 aromatic heterocycles. The van der Waals surface area contributed by atoms with Crippen molar-refractivity contribution in [2.24, 2.45) is 5.92 Å². The van der Waals surface area contributed by atoms with Gasteiger partial charge in [-0.3, -0.25) is 0 Å². The molecule has 0 saturated carbocycles. The van der Waals surface area contributed by atoms with E-state index in [0.29, 0.717) is 16.3 Å². The van der Waals surface area contributed by atoms with Crippen LogP contribution in [0, 0.1) is 5.92 Å². The minimum Gasteiger partial charge on any atom is -0.480 e. The Bertz CT molecular complexity index is 409. The fraction of sp³-hybridized carbons (Fsp3) is 0.417. The van der Waals surface area contributed by atoms with E-state index in [1.807, 2.05) is 0 Å². The molecule has 0 amide bonds. The summed E-state index contributed by atoms with van der Waals surface area (Å²) in [5.41, 5.74) is 0.974. The normalized spacial score (nSPS) is 12.5. The van der Waals surface area contributed by atoms with Crippen molar-refractivity contribution < 1.29 is 14.3 Å². The van der Waals surface area contributed by atoms with Crippen LogP contribution in [0.25, 0.3) is 0 Å². The van der Waals surface area contributed by atoms with Crippen LogP contribution < -0.4 is 5.32 Å². The lowest BCUT2D eigenvalue weighted by Gasteiger charge is -2.20. The Labute approximate surface area is 105 Å². The van der Waals surface area contributed by atoms with Crippen LogP contribution in [0.5, 0.6) is 0 Å². The molecular formula is C12H15ClFNO2. The summed E-state index contributed by atoms with van der Waals surface area (Å²) in [6.07, 6.45) is 0. The third-order valence-corrected chi connectivity index (χ3v) is 2.74. The topological polar surface area (TPSA) is 49.3 Å². The summed E-state index contributed by atoms with van der Waals surface area (Å²) in [6.45, 7) is 3.01. The van der Waals surface area contributed by atoms with Gasteiger partial charge in [0.1, 0.15) is 12.7 Å².